The highest BCUT2D eigenvalue weighted by atomic mass is 16.6. The SMILES string of the molecule is O=[N+]([O-])c1cnn(CCN2CCC(CO)CC2)c1. The first-order valence-electron chi connectivity index (χ1n) is 6.19. The Labute approximate surface area is 105 Å². The summed E-state index contributed by atoms with van der Waals surface area (Å²) in [5.74, 6) is 0.437. The number of nitro groups is 1. The number of hydrogen-bond acceptors (Lipinski definition) is 5. The fraction of sp³-hybridized carbons (Fsp3) is 0.727. The topological polar surface area (TPSA) is 84.4 Å². The van der Waals surface area contributed by atoms with Crippen LogP contribution < -0.4 is 0 Å². The van der Waals surface area contributed by atoms with E-state index < -0.39 is 4.92 Å². The average Bonchev–Trinajstić information content (AvgIpc) is 2.86. The lowest BCUT2D eigenvalue weighted by Gasteiger charge is -2.30. The van der Waals surface area contributed by atoms with Crippen LogP contribution in [0.5, 0.6) is 0 Å². The number of piperidine rings is 1. The van der Waals surface area contributed by atoms with Crippen molar-refractivity contribution < 1.29 is 10.0 Å². The molecule has 0 radical (unpaired) electrons. The fourth-order valence-electron chi connectivity index (χ4n) is 2.21. The molecule has 1 aromatic heterocycles. The summed E-state index contributed by atoms with van der Waals surface area (Å²) < 4.78 is 1.61. The smallest absolute Gasteiger partial charge is 0.306 e. The predicted molar refractivity (Wildman–Crippen MR) is 65.1 cm³/mol. The van der Waals surface area contributed by atoms with Gasteiger partial charge in [0.25, 0.3) is 0 Å². The summed E-state index contributed by atoms with van der Waals surface area (Å²) in [6.45, 7) is 3.75. The number of rotatable bonds is 5. The van der Waals surface area contributed by atoms with Crippen molar-refractivity contribution in [3.8, 4) is 0 Å². The van der Waals surface area contributed by atoms with Gasteiger partial charge in [0.05, 0.1) is 11.5 Å². The number of likely N-dealkylation sites (tertiary alicyclic amines) is 1. The lowest BCUT2D eigenvalue weighted by molar-refractivity contribution is -0.385. The Morgan fingerprint density at radius 2 is 2.17 bits per heavy atom. The fourth-order valence-corrected chi connectivity index (χ4v) is 2.21. The zero-order chi connectivity index (χ0) is 13.0. The Hall–Kier alpha value is -1.47. The molecule has 1 fully saturated rings. The van der Waals surface area contributed by atoms with Gasteiger partial charge in [-0.2, -0.15) is 5.10 Å². The zero-order valence-corrected chi connectivity index (χ0v) is 10.2. The minimum Gasteiger partial charge on any atom is -0.396 e. The van der Waals surface area contributed by atoms with E-state index in [-0.39, 0.29) is 12.3 Å². The molecule has 100 valence electrons. The second-order valence-corrected chi connectivity index (χ2v) is 4.69. The molecule has 0 unspecified atom stereocenters. The molecule has 1 N–H and O–H groups in total. The molecule has 7 nitrogen and oxygen atoms in total. The summed E-state index contributed by atoms with van der Waals surface area (Å²) in [5, 5.41) is 23.5. The predicted octanol–water partition coefficient (Wildman–Crippen LogP) is 0.496. The van der Waals surface area contributed by atoms with E-state index >= 15 is 0 Å². The van der Waals surface area contributed by atoms with Crippen molar-refractivity contribution in [2.75, 3.05) is 26.2 Å². The molecule has 2 heterocycles. The summed E-state index contributed by atoms with van der Waals surface area (Å²) in [6.07, 6.45) is 4.78. The van der Waals surface area contributed by atoms with Gasteiger partial charge in [-0.15, -0.1) is 0 Å². The van der Waals surface area contributed by atoms with Gasteiger partial charge in [0.2, 0.25) is 0 Å². The molecule has 1 aromatic rings. The first-order chi connectivity index (χ1) is 8.69. The highest BCUT2D eigenvalue weighted by Gasteiger charge is 2.18. The number of aliphatic hydroxyl groups is 1. The highest BCUT2D eigenvalue weighted by molar-refractivity contribution is 5.20. The maximum absolute atomic E-state index is 10.5. The van der Waals surface area contributed by atoms with Crippen molar-refractivity contribution >= 4 is 5.69 Å². The Morgan fingerprint density at radius 3 is 2.72 bits per heavy atom. The van der Waals surface area contributed by atoms with E-state index in [1.807, 2.05) is 0 Å². The van der Waals surface area contributed by atoms with Gasteiger partial charge in [-0.25, -0.2) is 0 Å². The van der Waals surface area contributed by atoms with E-state index in [4.69, 9.17) is 5.11 Å². The number of hydrogen-bond donors (Lipinski definition) is 1. The maximum atomic E-state index is 10.5. The first-order valence-corrected chi connectivity index (χ1v) is 6.19. The van der Waals surface area contributed by atoms with Crippen LogP contribution in [0.4, 0.5) is 5.69 Å². The largest absolute Gasteiger partial charge is 0.396 e. The maximum Gasteiger partial charge on any atom is 0.306 e. The average molecular weight is 254 g/mol. The number of nitrogens with zero attached hydrogens (tertiary/aromatic N) is 4. The summed E-state index contributed by atoms with van der Waals surface area (Å²) in [5.41, 5.74) is 0.0361. The van der Waals surface area contributed by atoms with Gasteiger partial charge in [0.15, 0.2) is 0 Å². The summed E-state index contributed by atoms with van der Waals surface area (Å²) in [7, 11) is 0. The third kappa shape index (κ3) is 3.27. The zero-order valence-electron chi connectivity index (χ0n) is 10.2. The van der Waals surface area contributed by atoms with Gasteiger partial charge in [0, 0.05) is 13.2 Å². The van der Waals surface area contributed by atoms with Gasteiger partial charge in [0.1, 0.15) is 12.4 Å². The van der Waals surface area contributed by atoms with Crippen LogP contribution in [-0.4, -0.2) is 51.0 Å². The Bertz CT molecular complexity index is 399. The van der Waals surface area contributed by atoms with Gasteiger partial charge in [-0.1, -0.05) is 0 Å². The quantitative estimate of drug-likeness (QED) is 0.611. The first kappa shape index (κ1) is 13.0. The Balaban J connectivity index is 1.76. The van der Waals surface area contributed by atoms with E-state index in [2.05, 4.69) is 10.00 Å². The molecular formula is C11H18N4O3. The highest BCUT2D eigenvalue weighted by Crippen LogP contribution is 2.16. The van der Waals surface area contributed by atoms with Crippen LogP contribution in [0.25, 0.3) is 0 Å². The number of aromatic nitrogens is 2. The van der Waals surface area contributed by atoms with Crippen LogP contribution >= 0.6 is 0 Å². The van der Waals surface area contributed by atoms with Crippen LogP contribution in [0.3, 0.4) is 0 Å². The van der Waals surface area contributed by atoms with Gasteiger partial charge in [-0.05, 0) is 31.8 Å². The molecular weight excluding hydrogens is 236 g/mol. The van der Waals surface area contributed by atoms with Crippen LogP contribution in [0.2, 0.25) is 0 Å². The minimum atomic E-state index is -0.434. The van der Waals surface area contributed by atoms with E-state index in [0.29, 0.717) is 12.5 Å². The molecule has 1 aliphatic rings. The summed E-state index contributed by atoms with van der Waals surface area (Å²) in [6, 6.07) is 0. The minimum absolute atomic E-state index is 0.0361. The van der Waals surface area contributed by atoms with Gasteiger partial charge < -0.3 is 10.0 Å². The number of aliphatic hydroxyl groups excluding tert-OH is 1. The van der Waals surface area contributed by atoms with E-state index in [1.54, 1.807) is 4.68 Å². The third-order valence-corrected chi connectivity index (χ3v) is 3.44. The molecule has 0 aromatic carbocycles. The molecule has 0 amide bonds. The van der Waals surface area contributed by atoms with E-state index in [0.717, 1.165) is 32.5 Å². The molecule has 0 spiro atoms. The molecule has 0 bridgehead atoms. The van der Waals surface area contributed by atoms with Crippen LogP contribution in [0.1, 0.15) is 12.8 Å². The van der Waals surface area contributed by atoms with E-state index in [1.165, 1.54) is 12.4 Å². The molecule has 7 heteroatoms. The molecule has 0 saturated carbocycles. The Kier molecular flexibility index (Phi) is 4.27. The van der Waals surface area contributed by atoms with Gasteiger partial charge in [-0.3, -0.25) is 14.8 Å². The molecule has 2 rings (SSSR count). The van der Waals surface area contributed by atoms with E-state index in [9.17, 15) is 10.1 Å². The van der Waals surface area contributed by atoms with Crippen molar-refractivity contribution in [3.05, 3.63) is 22.5 Å². The lowest BCUT2D eigenvalue weighted by atomic mass is 9.98. The second-order valence-electron chi connectivity index (χ2n) is 4.69. The monoisotopic (exact) mass is 254 g/mol. The molecule has 1 saturated heterocycles. The summed E-state index contributed by atoms with van der Waals surface area (Å²) >= 11 is 0. The molecule has 1 aliphatic heterocycles. The van der Waals surface area contributed by atoms with Crippen LogP contribution in [0.15, 0.2) is 12.4 Å². The van der Waals surface area contributed by atoms with Crippen LogP contribution in [-0.2, 0) is 6.54 Å². The second kappa shape index (κ2) is 5.92. The normalized spacial score (nSPS) is 18.1. The molecule has 18 heavy (non-hydrogen) atoms. The van der Waals surface area contributed by atoms with Crippen molar-refractivity contribution in [2.45, 2.75) is 19.4 Å². The van der Waals surface area contributed by atoms with Crippen molar-refractivity contribution in [3.63, 3.8) is 0 Å². The lowest BCUT2D eigenvalue weighted by Crippen LogP contribution is -2.36. The standard InChI is InChI=1S/C11H18N4O3/c16-9-10-1-3-13(4-2-10)5-6-14-8-11(7-12-14)15(17)18/h7-8,10,16H,1-6,9H2. The van der Waals surface area contributed by atoms with Gasteiger partial charge >= 0.3 is 5.69 Å². The van der Waals surface area contributed by atoms with Crippen molar-refractivity contribution in [1.82, 2.24) is 14.7 Å². The van der Waals surface area contributed by atoms with Crippen molar-refractivity contribution in [1.29, 1.82) is 0 Å². The van der Waals surface area contributed by atoms with Crippen molar-refractivity contribution in [2.24, 2.45) is 5.92 Å². The third-order valence-electron chi connectivity index (χ3n) is 3.44. The summed E-state index contributed by atoms with van der Waals surface area (Å²) in [4.78, 5) is 12.4. The Morgan fingerprint density at radius 1 is 1.44 bits per heavy atom. The molecule has 0 atom stereocenters. The molecule has 0 aliphatic carbocycles. The van der Waals surface area contributed by atoms with Crippen LogP contribution in [0, 0.1) is 16.0 Å².